The number of hydrogen-bond acceptors (Lipinski definition) is 5. The Morgan fingerprint density at radius 3 is 2.95 bits per heavy atom. The van der Waals surface area contributed by atoms with Gasteiger partial charge in [-0.2, -0.15) is 0 Å². The Labute approximate surface area is 121 Å². The van der Waals surface area contributed by atoms with E-state index in [4.69, 9.17) is 15.2 Å². The molecule has 2 N–H and O–H groups in total. The van der Waals surface area contributed by atoms with Crippen LogP contribution in [0, 0.1) is 0 Å². The predicted octanol–water partition coefficient (Wildman–Crippen LogP) is 1.78. The molecular formula is C13H18BrN3O2. The SMILES string of the molecule is COCCN1C(N)=NCC1c1cc(OC)ccc1Br. The van der Waals surface area contributed by atoms with Crippen LogP contribution in [0.5, 0.6) is 5.75 Å². The van der Waals surface area contributed by atoms with Crippen LogP contribution in [-0.4, -0.2) is 44.8 Å². The summed E-state index contributed by atoms with van der Waals surface area (Å²) in [6.07, 6.45) is 0. The minimum absolute atomic E-state index is 0.125. The Balaban J connectivity index is 2.25. The Morgan fingerprint density at radius 1 is 1.47 bits per heavy atom. The van der Waals surface area contributed by atoms with Gasteiger partial charge in [0.25, 0.3) is 0 Å². The molecule has 1 aromatic rings. The predicted molar refractivity (Wildman–Crippen MR) is 78.5 cm³/mol. The molecule has 1 heterocycles. The Morgan fingerprint density at radius 2 is 2.26 bits per heavy atom. The third kappa shape index (κ3) is 3.01. The smallest absolute Gasteiger partial charge is 0.192 e. The van der Waals surface area contributed by atoms with Crippen molar-refractivity contribution >= 4 is 21.9 Å². The lowest BCUT2D eigenvalue weighted by molar-refractivity contribution is 0.166. The minimum Gasteiger partial charge on any atom is -0.497 e. The van der Waals surface area contributed by atoms with Crippen LogP contribution in [0.2, 0.25) is 0 Å². The van der Waals surface area contributed by atoms with Gasteiger partial charge < -0.3 is 20.1 Å². The zero-order chi connectivity index (χ0) is 13.8. The number of methoxy groups -OCH3 is 2. The van der Waals surface area contributed by atoms with Crippen LogP contribution in [0.25, 0.3) is 0 Å². The summed E-state index contributed by atoms with van der Waals surface area (Å²) in [5, 5.41) is 0. The highest BCUT2D eigenvalue weighted by atomic mass is 79.9. The number of guanidine groups is 1. The second-order valence-electron chi connectivity index (χ2n) is 4.29. The highest BCUT2D eigenvalue weighted by molar-refractivity contribution is 9.10. The molecule has 0 bridgehead atoms. The summed E-state index contributed by atoms with van der Waals surface area (Å²) in [6, 6.07) is 6.05. The van der Waals surface area contributed by atoms with Crippen molar-refractivity contribution in [2.75, 3.05) is 33.9 Å². The molecule has 2 rings (SSSR count). The lowest BCUT2D eigenvalue weighted by atomic mass is 10.1. The largest absolute Gasteiger partial charge is 0.497 e. The lowest BCUT2D eigenvalue weighted by Gasteiger charge is -2.27. The van der Waals surface area contributed by atoms with Gasteiger partial charge in [0, 0.05) is 18.1 Å². The van der Waals surface area contributed by atoms with Crippen molar-refractivity contribution in [3.8, 4) is 5.75 Å². The maximum atomic E-state index is 5.94. The molecule has 0 saturated heterocycles. The molecule has 0 saturated carbocycles. The van der Waals surface area contributed by atoms with E-state index in [1.807, 2.05) is 18.2 Å². The van der Waals surface area contributed by atoms with Crippen LogP contribution in [0.15, 0.2) is 27.7 Å². The second-order valence-corrected chi connectivity index (χ2v) is 5.14. The topological polar surface area (TPSA) is 60.1 Å². The summed E-state index contributed by atoms with van der Waals surface area (Å²) in [6.45, 7) is 2.00. The Hall–Kier alpha value is -1.27. The van der Waals surface area contributed by atoms with Crippen molar-refractivity contribution in [3.63, 3.8) is 0 Å². The van der Waals surface area contributed by atoms with E-state index in [-0.39, 0.29) is 6.04 Å². The number of rotatable bonds is 5. The quantitative estimate of drug-likeness (QED) is 0.895. The van der Waals surface area contributed by atoms with Crippen LogP contribution in [0.1, 0.15) is 11.6 Å². The standard InChI is InChI=1S/C13H18BrN3O2/c1-18-6-5-17-12(8-16-13(17)15)10-7-9(19-2)3-4-11(10)14/h3-4,7,12H,5-6,8H2,1-2H3,(H2,15,16). The van der Waals surface area contributed by atoms with E-state index < -0.39 is 0 Å². The van der Waals surface area contributed by atoms with Gasteiger partial charge in [0.15, 0.2) is 5.96 Å². The fourth-order valence-electron chi connectivity index (χ4n) is 2.16. The number of ether oxygens (including phenoxy) is 2. The summed E-state index contributed by atoms with van der Waals surface area (Å²) < 4.78 is 11.4. The molecular weight excluding hydrogens is 310 g/mol. The van der Waals surface area contributed by atoms with E-state index in [1.165, 1.54) is 0 Å². The van der Waals surface area contributed by atoms with Gasteiger partial charge >= 0.3 is 0 Å². The summed E-state index contributed by atoms with van der Waals surface area (Å²) >= 11 is 3.58. The molecule has 6 heteroatoms. The minimum atomic E-state index is 0.125. The van der Waals surface area contributed by atoms with Crippen molar-refractivity contribution in [1.29, 1.82) is 0 Å². The molecule has 1 aliphatic heterocycles. The van der Waals surface area contributed by atoms with Crippen molar-refractivity contribution in [1.82, 2.24) is 4.90 Å². The number of nitrogens with zero attached hydrogens (tertiary/aromatic N) is 2. The number of aliphatic imine (C=N–C) groups is 1. The Kier molecular flexibility index (Phi) is 4.66. The molecule has 0 radical (unpaired) electrons. The zero-order valence-corrected chi connectivity index (χ0v) is 12.7. The second kappa shape index (κ2) is 6.25. The van der Waals surface area contributed by atoms with Gasteiger partial charge in [-0.1, -0.05) is 15.9 Å². The molecule has 1 aliphatic rings. The van der Waals surface area contributed by atoms with Gasteiger partial charge in [-0.3, -0.25) is 4.99 Å². The molecule has 1 unspecified atom stereocenters. The molecule has 0 amide bonds. The average molecular weight is 328 g/mol. The van der Waals surface area contributed by atoms with Crippen LogP contribution in [-0.2, 0) is 4.74 Å². The van der Waals surface area contributed by atoms with Crippen molar-refractivity contribution < 1.29 is 9.47 Å². The molecule has 1 aromatic carbocycles. The summed E-state index contributed by atoms with van der Waals surface area (Å²) in [5.74, 6) is 1.40. The fourth-order valence-corrected chi connectivity index (χ4v) is 2.67. The first-order valence-electron chi connectivity index (χ1n) is 6.06. The molecule has 19 heavy (non-hydrogen) atoms. The molecule has 5 nitrogen and oxygen atoms in total. The maximum absolute atomic E-state index is 5.94. The van der Waals surface area contributed by atoms with Gasteiger partial charge in [0.05, 0.1) is 26.3 Å². The lowest BCUT2D eigenvalue weighted by Crippen LogP contribution is -2.38. The van der Waals surface area contributed by atoms with Crippen molar-refractivity contribution in [2.45, 2.75) is 6.04 Å². The fraction of sp³-hybridized carbons (Fsp3) is 0.462. The number of halogens is 1. The van der Waals surface area contributed by atoms with E-state index in [1.54, 1.807) is 14.2 Å². The maximum Gasteiger partial charge on any atom is 0.192 e. The third-order valence-corrected chi connectivity index (χ3v) is 3.92. The molecule has 0 spiro atoms. The molecule has 0 aromatic heterocycles. The van der Waals surface area contributed by atoms with Gasteiger partial charge in [0.1, 0.15) is 5.75 Å². The summed E-state index contributed by atoms with van der Waals surface area (Å²) in [4.78, 5) is 6.39. The molecule has 0 fully saturated rings. The van der Waals surface area contributed by atoms with Crippen LogP contribution in [0.3, 0.4) is 0 Å². The van der Waals surface area contributed by atoms with E-state index in [0.29, 0.717) is 19.1 Å². The van der Waals surface area contributed by atoms with Crippen LogP contribution < -0.4 is 10.5 Å². The van der Waals surface area contributed by atoms with Crippen molar-refractivity contribution in [3.05, 3.63) is 28.2 Å². The monoisotopic (exact) mass is 327 g/mol. The highest BCUT2D eigenvalue weighted by Crippen LogP contribution is 2.33. The van der Waals surface area contributed by atoms with E-state index in [0.717, 1.165) is 22.3 Å². The van der Waals surface area contributed by atoms with E-state index >= 15 is 0 Å². The third-order valence-electron chi connectivity index (χ3n) is 3.20. The van der Waals surface area contributed by atoms with E-state index in [9.17, 15) is 0 Å². The first-order valence-corrected chi connectivity index (χ1v) is 6.85. The summed E-state index contributed by atoms with van der Waals surface area (Å²) in [5.41, 5.74) is 7.07. The zero-order valence-electron chi connectivity index (χ0n) is 11.1. The molecule has 104 valence electrons. The van der Waals surface area contributed by atoms with Gasteiger partial charge in [-0.15, -0.1) is 0 Å². The normalized spacial score (nSPS) is 18.6. The van der Waals surface area contributed by atoms with Crippen LogP contribution in [0.4, 0.5) is 0 Å². The van der Waals surface area contributed by atoms with Gasteiger partial charge in [-0.05, 0) is 23.8 Å². The number of hydrogen-bond donors (Lipinski definition) is 1. The Bertz CT molecular complexity index is 479. The van der Waals surface area contributed by atoms with E-state index in [2.05, 4.69) is 25.8 Å². The van der Waals surface area contributed by atoms with Crippen molar-refractivity contribution in [2.24, 2.45) is 10.7 Å². The number of benzene rings is 1. The van der Waals surface area contributed by atoms with Gasteiger partial charge in [0.2, 0.25) is 0 Å². The highest BCUT2D eigenvalue weighted by Gasteiger charge is 2.28. The molecule has 0 aliphatic carbocycles. The van der Waals surface area contributed by atoms with Crippen LogP contribution >= 0.6 is 15.9 Å². The number of nitrogens with two attached hydrogens (primary N) is 1. The average Bonchev–Trinajstić information content (AvgIpc) is 2.78. The first-order chi connectivity index (χ1) is 9.17. The first kappa shape index (κ1) is 14.1. The summed E-state index contributed by atoms with van der Waals surface area (Å²) in [7, 11) is 3.34. The van der Waals surface area contributed by atoms with Gasteiger partial charge in [-0.25, -0.2) is 0 Å². The molecule has 1 atom stereocenters.